The van der Waals surface area contributed by atoms with Gasteiger partial charge in [-0.1, -0.05) is 15.9 Å². The Morgan fingerprint density at radius 2 is 2.24 bits per heavy atom. The Morgan fingerprint density at radius 1 is 1.47 bits per heavy atom. The largest absolute Gasteiger partial charge is 0.389 e. The van der Waals surface area contributed by atoms with Gasteiger partial charge < -0.3 is 5.11 Å². The molecule has 4 nitrogen and oxygen atoms in total. The summed E-state index contributed by atoms with van der Waals surface area (Å²) in [5, 5.41) is 14.6. The fourth-order valence-corrected chi connectivity index (χ4v) is 2.75. The van der Waals surface area contributed by atoms with Crippen molar-refractivity contribution in [3.8, 4) is 0 Å². The van der Waals surface area contributed by atoms with Gasteiger partial charge in [0.15, 0.2) is 5.16 Å². The molecular weight excluding hydrogens is 302 g/mol. The van der Waals surface area contributed by atoms with E-state index in [-0.39, 0.29) is 0 Å². The van der Waals surface area contributed by atoms with Crippen LogP contribution in [-0.4, -0.2) is 19.9 Å². The second kappa shape index (κ2) is 5.20. The molecule has 0 aliphatic carbocycles. The maximum atomic E-state index is 9.75. The fraction of sp³-hybridized carbons (Fsp3) is 0.273. The van der Waals surface area contributed by atoms with E-state index >= 15 is 0 Å². The highest BCUT2D eigenvalue weighted by atomic mass is 79.9. The van der Waals surface area contributed by atoms with Crippen LogP contribution in [0.5, 0.6) is 0 Å². The molecule has 0 fully saturated rings. The van der Waals surface area contributed by atoms with Crippen LogP contribution in [0.4, 0.5) is 0 Å². The Balaban J connectivity index is 2.36. The van der Waals surface area contributed by atoms with E-state index in [2.05, 4.69) is 26.0 Å². The van der Waals surface area contributed by atoms with E-state index in [0.29, 0.717) is 0 Å². The summed E-state index contributed by atoms with van der Waals surface area (Å²) in [6.45, 7) is 1.75. The summed E-state index contributed by atoms with van der Waals surface area (Å²) in [6.07, 6.45) is 1.01. The molecule has 1 unspecified atom stereocenters. The molecule has 1 aromatic heterocycles. The Labute approximate surface area is 112 Å². The average molecular weight is 314 g/mol. The normalized spacial score (nSPS) is 12.7. The van der Waals surface area contributed by atoms with Gasteiger partial charge in [-0.15, -0.1) is 0 Å². The van der Waals surface area contributed by atoms with Crippen LogP contribution in [0.2, 0.25) is 0 Å². The number of aromatic nitrogens is 3. The number of hydrogen-bond acceptors (Lipinski definition) is 4. The number of aliphatic hydroxyl groups is 1. The molecule has 2 rings (SSSR count). The molecular formula is C11H12BrN3OS. The molecule has 6 heteroatoms. The maximum Gasteiger partial charge on any atom is 0.190 e. The third-order valence-electron chi connectivity index (χ3n) is 2.29. The Morgan fingerprint density at radius 3 is 2.82 bits per heavy atom. The summed E-state index contributed by atoms with van der Waals surface area (Å²) in [5.41, 5.74) is 0.882. The molecule has 17 heavy (non-hydrogen) atoms. The quantitative estimate of drug-likeness (QED) is 0.946. The predicted octanol–water partition coefficient (Wildman–Crippen LogP) is 2.78. The summed E-state index contributed by atoms with van der Waals surface area (Å²) >= 11 is 4.90. The standard InChI is InChI=1S/C11H12BrN3OS/c1-7(16)9-5-8(12)3-4-10(9)17-11-13-6-14-15(11)2/h3-7,16H,1-2H3. The molecule has 1 heterocycles. The van der Waals surface area contributed by atoms with E-state index in [4.69, 9.17) is 0 Å². The van der Waals surface area contributed by atoms with Gasteiger partial charge in [0.2, 0.25) is 0 Å². The van der Waals surface area contributed by atoms with Crippen LogP contribution in [0.25, 0.3) is 0 Å². The number of halogens is 1. The lowest BCUT2D eigenvalue weighted by Gasteiger charge is -2.11. The van der Waals surface area contributed by atoms with Crippen LogP contribution >= 0.6 is 27.7 Å². The van der Waals surface area contributed by atoms with Crippen molar-refractivity contribution in [3.63, 3.8) is 0 Å². The van der Waals surface area contributed by atoms with Gasteiger partial charge in [-0.05, 0) is 42.4 Å². The van der Waals surface area contributed by atoms with E-state index in [0.717, 1.165) is 20.1 Å². The average Bonchev–Trinajstić information content (AvgIpc) is 2.67. The molecule has 0 saturated heterocycles. The molecule has 0 saturated carbocycles. The molecule has 0 aliphatic rings. The highest BCUT2D eigenvalue weighted by Gasteiger charge is 2.12. The first-order valence-corrected chi connectivity index (χ1v) is 6.68. The second-order valence-corrected chi connectivity index (χ2v) is 5.55. The van der Waals surface area contributed by atoms with Crippen LogP contribution in [0, 0.1) is 0 Å². The van der Waals surface area contributed by atoms with E-state index < -0.39 is 6.10 Å². The molecule has 1 aromatic carbocycles. The summed E-state index contributed by atoms with van der Waals surface area (Å²) < 4.78 is 2.66. The van der Waals surface area contributed by atoms with Crippen molar-refractivity contribution >= 4 is 27.7 Å². The highest BCUT2D eigenvalue weighted by molar-refractivity contribution is 9.10. The monoisotopic (exact) mass is 313 g/mol. The van der Waals surface area contributed by atoms with Gasteiger partial charge in [-0.25, -0.2) is 9.67 Å². The van der Waals surface area contributed by atoms with Crippen LogP contribution in [0.1, 0.15) is 18.6 Å². The molecule has 2 aromatic rings. The molecule has 0 amide bonds. The van der Waals surface area contributed by atoms with Crippen LogP contribution in [0.15, 0.2) is 39.1 Å². The van der Waals surface area contributed by atoms with Gasteiger partial charge in [0.05, 0.1) is 6.10 Å². The van der Waals surface area contributed by atoms with Crippen LogP contribution in [-0.2, 0) is 7.05 Å². The number of aryl methyl sites for hydroxylation is 1. The van der Waals surface area contributed by atoms with Gasteiger partial charge >= 0.3 is 0 Å². The first kappa shape index (κ1) is 12.6. The molecule has 0 spiro atoms. The van der Waals surface area contributed by atoms with Crippen molar-refractivity contribution in [2.75, 3.05) is 0 Å². The van der Waals surface area contributed by atoms with Gasteiger partial charge in [-0.2, -0.15) is 5.10 Å². The zero-order chi connectivity index (χ0) is 12.4. The SMILES string of the molecule is CC(O)c1cc(Br)ccc1Sc1ncnn1C. The summed E-state index contributed by atoms with van der Waals surface area (Å²) in [4.78, 5) is 5.14. The highest BCUT2D eigenvalue weighted by Crippen LogP contribution is 2.33. The topological polar surface area (TPSA) is 50.9 Å². The van der Waals surface area contributed by atoms with E-state index in [9.17, 15) is 5.11 Å². The summed E-state index contributed by atoms with van der Waals surface area (Å²) in [5.74, 6) is 0. The minimum Gasteiger partial charge on any atom is -0.389 e. The van der Waals surface area contributed by atoms with Crippen molar-refractivity contribution in [2.24, 2.45) is 7.05 Å². The second-order valence-electron chi connectivity index (χ2n) is 3.63. The van der Waals surface area contributed by atoms with Gasteiger partial charge in [-0.3, -0.25) is 0 Å². The van der Waals surface area contributed by atoms with Crippen molar-refractivity contribution in [3.05, 3.63) is 34.6 Å². The number of rotatable bonds is 3. The van der Waals surface area contributed by atoms with Crippen molar-refractivity contribution in [1.82, 2.24) is 14.8 Å². The minimum atomic E-state index is -0.511. The summed E-state index contributed by atoms with van der Waals surface area (Å²) in [7, 11) is 1.84. The molecule has 0 aliphatic heterocycles. The zero-order valence-corrected chi connectivity index (χ0v) is 11.9. The molecule has 1 N–H and O–H groups in total. The number of benzene rings is 1. The van der Waals surface area contributed by atoms with Crippen molar-refractivity contribution in [2.45, 2.75) is 23.1 Å². The first-order chi connectivity index (χ1) is 8.08. The fourth-order valence-electron chi connectivity index (χ4n) is 1.42. The molecule has 0 radical (unpaired) electrons. The minimum absolute atomic E-state index is 0.511. The Kier molecular flexibility index (Phi) is 3.86. The third-order valence-corrected chi connectivity index (χ3v) is 3.93. The lowest BCUT2D eigenvalue weighted by Crippen LogP contribution is -1.97. The van der Waals surface area contributed by atoms with E-state index in [1.165, 1.54) is 18.1 Å². The van der Waals surface area contributed by atoms with Crippen molar-refractivity contribution in [1.29, 1.82) is 0 Å². The predicted molar refractivity (Wildman–Crippen MR) is 69.9 cm³/mol. The number of nitrogens with zero attached hydrogens (tertiary/aromatic N) is 3. The van der Waals surface area contributed by atoms with Gasteiger partial charge in [0.25, 0.3) is 0 Å². The van der Waals surface area contributed by atoms with Crippen LogP contribution in [0.3, 0.4) is 0 Å². The third kappa shape index (κ3) is 2.88. The van der Waals surface area contributed by atoms with Crippen LogP contribution < -0.4 is 0 Å². The maximum absolute atomic E-state index is 9.75. The van der Waals surface area contributed by atoms with Crippen molar-refractivity contribution < 1.29 is 5.11 Å². The lowest BCUT2D eigenvalue weighted by atomic mass is 10.1. The van der Waals surface area contributed by atoms with E-state index in [1.807, 2.05) is 25.2 Å². The zero-order valence-electron chi connectivity index (χ0n) is 9.46. The van der Waals surface area contributed by atoms with E-state index in [1.54, 1.807) is 11.6 Å². The molecule has 0 bridgehead atoms. The van der Waals surface area contributed by atoms with Gasteiger partial charge in [0, 0.05) is 16.4 Å². The lowest BCUT2D eigenvalue weighted by molar-refractivity contribution is 0.196. The Hall–Kier alpha value is -0.850. The smallest absolute Gasteiger partial charge is 0.190 e. The Bertz CT molecular complexity index is 527. The summed E-state index contributed by atoms with van der Waals surface area (Å²) in [6, 6.07) is 5.83. The first-order valence-electron chi connectivity index (χ1n) is 5.07. The van der Waals surface area contributed by atoms with Gasteiger partial charge in [0.1, 0.15) is 6.33 Å². The molecule has 90 valence electrons. The number of aliphatic hydroxyl groups excluding tert-OH is 1. The number of hydrogen-bond donors (Lipinski definition) is 1. The molecule has 1 atom stereocenters.